The molecule has 4 N–H and O–H groups in total. The summed E-state index contributed by atoms with van der Waals surface area (Å²) < 4.78 is 4.80. The molecule has 168 valence electrons. The van der Waals surface area contributed by atoms with Gasteiger partial charge >= 0.3 is 5.97 Å². The molecule has 3 aromatic carbocycles. The molecule has 4 rings (SSSR count). The first kappa shape index (κ1) is 22.6. The Balaban J connectivity index is 1.91. The number of hydrogen-bond acceptors (Lipinski definition) is 5. The fraction of sp³-hybridized carbons (Fsp3) is 0.154. The van der Waals surface area contributed by atoms with E-state index in [4.69, 9.17) is 27.1 Å². The molecule has 1 aromatic heterocycles. The standard InChI is InChI=1S/C26H24ClN3O3/c1-26(2,28)19-12-10-17(14-20(19)27)29-23(15-7-5-4-6-8-15)22-18-11-9-16(25(32)33-3)13-21(18)30-24(22)31/h4-14,30-31H,28H2,1-3H3. The zero-order chi connectivity index (χ0) is 23.8. The molecule has 0 fully saturated rings. The summed E-state index contributed by atoms with van der Waals surface area (Å²) in [5.74, 6) is -0.512. The van der Waals surface area contributed by atoms with Crippen LogP contribution in [0.5, 0.6) is 5.88 Å². The zero-order valence-corrected chi connectivity index (χ0v) is 19.3. The van der Waals surface area contributed by atoms with Crippen LogP contribution in [-0.2, 0) is 10.3 Å². The second-order valence-corrected chi connectivity index (χ2v) is 8.72. The minimum absolute atomic E-state index is 0.0552. The number of nitrogens with two attached hydrogens (primary N) is 1. The van der Waals surface area contributed by atoms with Crippen LogP contribution >= 0.6 is 11.6 Å². The molecule has 7 heteroatoms. The normalized spacial score (nSPS) is 12.2. The van der Waals surface area contributed by atoms with Crippen molar-refractivity contribution in [2.45, 2.75) is 19.4 Å². The summed E-state index contributed by atoms with van der Waals surface area (Å²) in [6, 6.07) is 20.1. The van der Waals surface area contributed by atoms with Crippen molar-refractivity contribution < 1.29 is 14.6 Å². The van der Waals surface area contributed by atoms with E-state index in [9.17, 15) is 9.90 Å². The lowest BCUT2D eigenvalue weighted by molar-refractivity contribution is 0.0601. The van der Waals surface area contributed by atoms with Crippen molar-refractivity contribution in [3.05, 3.63) is 94.0 Å². The third kappa shape index (κ3) is 4.49. The number of aliphatic imine (C=N–C) groups is 1. The van der Waals surface area contributed by atoms with Gasteiger partial charge in [0, 0.05) is 27.0 Å². The van der Waals surface area contributed by atoms with Gasteiger partial charge in [0.15, 0.2) is 5.88 Å². The minimum atomic E-state index is -0.589. The number of nitrogens with zero attached hydrogens (tertiary/aromatic N) is 1. The predicted octanol–water partition coefficient (Wildman–Crippen LogP) is 5.68. The van der Waals surface area contributed by atoms with Gasteiger partial charge in [0.25, 0.3) is 0 Å². The number of halogens is 1. The van der Waals surface area contributed by atoms with E-state index in [0.717, 1.165) is 11.1 Å². The van der Waals surface area contributed by atoms with Crippen LogP contribution in [0.4, 0.5) is 5.69 Å². The molecular weight excluding hydrogens is 438 g/mol. The van der Waals surface area contributed by atoms with E-state index in [0.29, 0.717) is 38.5 Å². The molecule has 1 heterocycles. The SMILES string of the molecule is COC(=O)c1ccc2c(C(=Nc3ccc(C(C)(C)N)c(Cl)c3)c3ccccc3)c(O)[nH]c2c1. The van der Waals surface area contributed by atoms with E-state index < -0.39 is 11.5 Å². The largest absolute Gasteiger partial charge is 0.494 e. The van der Waals surface area contributed by atoms with Gasteiger partial charge in [0.2, 0.25) is 0 Å². The number of rotatable bonds is 5. The first-order valence-electron chi connectivity index (χ1n) is 10.4. The topological polar surface area (TPSA) is 101 Å². The highest BCUT2D eigenvalue weighted by molar-refractivity contribution is 6.31. The number of ether oxygens (including phenoxy) is 1. The summed E-state index contributed by atoms with van der Waals surface area (Å²) in [4.78, 5) is 19.7. The number of aromatic nitrogens is 1. The van der Waals surface area contributed by atoms with Crippen LogP contribution in [0.2, 0.25) is 5.02 Å². The van der Waals surface area contributed by atoms with Crippen LogP contribution in [-0.4, -0.2) is 28.9 Å². The van der Waals surface area contributed by atoms with E-state index >= 15 is 0 Å². The van der Waals surface area contributed by atoms with Crippen LogP contribution in [0.25, 0.3) is 10.9 Å². The van der Waals surface area contributed by atoms with Crippen molar-refractivity contribution in [1.82, 2.24) is 4.98 Å². The quantitative estimate of drug-likeness (QED) is 0.263. The van der Waals surface area contributed by atoms with Gasteiger partial charge < -0.3 is 20.6 Å². The first-order valence-corrected chi connectivity index (χ1v) is 10.7. The maximum atomic E-state index is 11.9. The van der Waals surface area contributed by atoms with Gasteiger partial charge in [-0.25, -0.2) is 9.79 Å². The molecule has 33 heavy (non-hydrogen) atoms. The van der Waals surface area contributed by atoms with Gasteiger partial charge in [-0.2, -0.15) is 0 Å². The Morgan fingerprint density at radius 2 is 1.79 bits per heavy atom. The highest BCUT2D eigenvalue weighted by Crippen LogP contribution is 2.34. The van der Waals surface area contributed by atoms with E-state index in [-0.39, 0.29) is 5.88 Å². The first-order chi connectivity index (χ1) is 15.7. The second-order valence-electron chi connectivity index (χ2n) is 8.31. The van der Waals surface area contributed by atoms with Crippen molar-refractivity contribution in [3.8, 4) is 5.88 Å². The molecule has 0 aliphatic heterocycles. The Bertz CT molecular complexity index is 1370. The molecular formula is C26H24ClN3O3. The lowest BCUT2D eigenvalue weighted by Gasteiger charge is -2.20. The molecule has 0 atom stereocenters. The van der Waals surface area contributed by atoms with Gasteiger partial charge in [-0.15, -0.1) is 0 Å². The maximum Gasteiger partial charge on any atom is 0.337 e. The van der Waals surface area contributed by atoms with Crippen molar-refractivity contribution >= 4 is 39.9 Å². The molecule has 0 radical (unpaired) electrons. The minimum Gasteiger partial charge on any atom is -0.494 e. The average Bonchev–Trinajstić information content (AvgIpc) is 3.11. The number of carbonyl (C=O) groups excluding carboxylic acids is 1. The maximum absolute atomic E-state index is 11.9. The Morgan fingerprint density at radius 3 is 2.42 bits per heavy atom. The molecule has 0 saturated heterocycles. The Labute approximate surface area is 196 Å². The van der Waals surface area contributed by atoms with E-state index in [2.05, 4.69) is 4.98 Å². The van der Waals surface area contributed by atoms with Crippen LogP contribution < -0.4 is 5.73 Å². The van der Waals surface area contributed by atoms with Crippen molar-refractivity contribution in [1.29, 1.82) is 0 Å². The number of benzene rings is 3. The Kier molecular flexibility index (Phi) is 5.97. The van der Waals surface area contributed by atoms with Crippen molar-refractivity contribution in [2.75, 3.05) is 7.11 Å². The van der Waals surface area contributed by atoms with E-state index in [1.165, 1.54) is 7.11 Å². The molecule has 0 unspecified atom stereocenters. The van der Waals surface area contributed by atoms with Gasteiger partial charge in [-0.05, 0) is 43.7 Å². The second kappa shape index (κ2) is 8.73. The number of carbonyl (C=O) groups is 1. The number of hydrogen-bond donors (Lipinski definition) is 3. The van der Waals surface area contributed by atoms with E-state index in [1.54, 1.807) is 24.3 Å². The van der Waals surface area contributed by atoms with Gasteiger partial charge in [0.05, 0.1) is 29.6 Å². The predicted molar refractivity (Wildman–Crippen MR) is 132 cm³/mol. The third-order valence-corrected chi connectivity index (χ3v) is 5.68. The molecule has 6 nitrogen and oxygen atoms in total. The highest BCUT2D eigenvalue weighted by atomic mass is 35.5. The zero-order valence-electron chi connectivity index (χ0n) is 18.5. The van der Waals surface area contributed by atoms with Crippen LogP contribution in [0.15, 0.2) is 71.7 Å². The number of methoxy groups -OCH3 is 1. The smallest absolute Gasteiger partial charge is 0.337 e. The van der Waals surface area contributed by atoms with Crippen molar-refractivity contribution in [3.63, 3.8) is 0 Å². The van der Waals surface area contributed by atoms with Crippen LogP contribution in [0, 0.1) is 0 Å². The van der Waals surface area contributed by atoms with E-state index in [1.807, 2.05) is 56.3 Å². The monoisotopic (exact) mass is 461 g/mol. The lowest BCUT2D eigenvalue weighted by Crippen LogP contribution is -2.28. The molecule has 0 aliphatic carbocycles. The number of aromatic amines is 1. The summed E-state index contributed by atoms with van der Waals surface area (Å²) in [6.07, 6.45) is 0. The number of aromatic hydroxyl groups is 1. The Morgan fingerprint density at radius 1 is 1.06 bits per heavy atom. The molecule has 0 amide bonds. The summed E-state index contributed by atoms with van der Waals surface area (Å²) in [6.45, 7) is 3.78. The van der Waals surface area contributed by atoms with Crippen LogP contribution in [0.3, 0.4) is 0 Å². The molecule has 0 aliphatic rings. The summed E-state index contributed by atoms with van der Waals surface area (Å²) in [7, 11) is 1.33. The van der Waals surface area contributed by atoms with Gasteiger partial charge in [-0.3, -0.25) is 0 Å². The Hall–Kier alpha value is -3.61. The number of nitrogens with one attached hydrogen (secondary N) is 1. The third-order valence-electron chi connectivity index (χ3n) is 5.37. The summed E-state index contributed by atoms with van der Waals surface area (Å²) in [5.41, 5.74) is 9.91. The number of esters is 1. The molecule has 4 aromatic rings. The molecule has 0 bridgehead atoms. The summed E-state index contributed by atoms with van der Waals surface area (Å²) in [5, 5.41) is 12.1. The molecule has 0 saturated carbocycles. The van der Waals surface area contributed by atoms with Crippen LogP contribution in [0.1, 0.15) is 40.9 Å². The number of fused-ring (bicyclic) bond motifs is 1. The average molecular weight is 462 g/mol. The fourth-order valence-corrected chi connectivity index (χ4v) is 4.17. The number of H-pyrrole nitrogens is 1. The van der Waals surface area contributed by atoms with Crippen molar-refractivity contribution in [2.24, 2.45) is 10.7 Å². The summed E-state index contributed by atoms with van der Waals surface area (Å²) >= 11 is 6.51. The highest BCUT2D eigenvalue weighted by Gasteiger charge is 2.21. The van der Waals surface area contributed by atoms with Gasteiger partial charge in [0.1, 0.15) is 0 Å². The van der Waals surface area contributed by atoms with Gasteiger partial charge in [-0.1, -0.05) is 54.1 Å². The lowest BCUT2D eigenvalue weighted by atomic mass is 9.95. The fourth-order valence-electron chi connectivity index (χ4n) is 3.75. The molecule has 0 spiro atoms.